The number of benzene rings is 1. The number of aryl methyl sites for hydroxylation is 1. The molecule has 1 N–H and O–H groups in total. The van der Waals surface area contributed by atoms with Crippen LogP contribution in [0.1, 0.15) is 25.6 Å². The number of rotatable bonds is 4. The first kappa shape index (κ1) is 18.8. The molecule has 0 atom stereocenters. The summed E-state index contributed by atoms with van der Waals surface area (Å²) in [6.07, 6.45) is 4.00. The Kier molecular flexibility index (Phi) is 4.75. The molecular formula is C23H26N6O. The van der Waals surface area contributed by atoms with E-state index in [2.05, 4.69) is 64.1 Å². The van der Waals surface area contributed by atoms with Gasteiger partial charge in [-0.2, -0.15) is 0 Å². The van der Waals surface area contributed by atoms with Crippen LogP contribution in [0.25, 0.3) is 21.8 Å². The highest BCUT2D eigenvalue weighted by Gasteiger charge is 2.15. The van der Waals surface area contributed by atoms with Gasteiger partial charge >= 0.3 is 0 Å². The molecule has 3 aromatic heterocycles. The maximum atomic E-state index is 5.45. The smallest absolute Gasteiger partial charge is 0.228 e. The van der Waals surface area contributed by atoms with Gasteiger partial charge in [-0.05, 0) is 39.0 Å². The van der Waals surface area contributed by atoms with Crippen LogP contribution in [0.3, 0.4) is 0 Å². The Balaban J connectivity index is 1.48. The van der Waals surface area contributed by atoms with Crippen molar-refractivity contribution in [3.63, 3.8) is 0 Å². The van der Waals surface area contributed by atoms with E-state index < -0.39 is 0 Å². The Bertz CT molecular complexity index is 1210. The molecule has 0 spiro atoms. The van der Waals surface area contributed by atoms with E-state index in [-0.39, 0.29) is 0 Å². The lowest BCUT2D eigenvalue weighted by atomic mass is 10.2. The molecule has 0 saturated carbocycles. The predicted octanol–water partition coefficient (Wildman–Crippen LogP) is 4.45. The summed E-state index contributed by atoms with van der Waals surface area (Å²) >= 11 is 0. The summed E-state index contributed by atoms with van der Waals surface area (Å²) in [7, 11) is 0. The molecule has 1 aromatic carbocycles. The zero-order valence-corrected chi connectivity index (χ0v) is 17.6. The molecule has 0 radical (unpaired) electrons. The SMILES string of the molecule is Cc1nc(Nc2ncc3ccc4ccn(C(C)C)c4c3n2)ccc1N1CCOCC1. The van der Waals surface area contributed by atoms with Crippen LogP contribution in [-0.2, 0) is 4.74 Å². The minimum absolute atomic E-state index is 0.358. The van der Waals surface area contributed by atoms with E-state index >= 15 is 0 Å². The minimum Gasteiger partial charge on any atom is -0.378 e. The van der Waals surface area contributed by atoms with Crippen LogP contribution < -0.4 is 10.2 Å². The molecule has 4 heterocycles. The molecule has 5 rings (SSSR count). The number of fused-ring (bicyclic) bond motifs is 3. The summed E-state index contributed by atoms with van der Waals surface area (Å²) < 4.78 is 7.71. The quantitative estimate of drug-likeness (QED) is 0.544. The summed E-state index contributed by atoms with van der Waals surface area (Å²) in [6.45, 7) is 9.72. The Morgan fingerprint density at radius 2 is 1.80 bits per heavy atom. The molecule has 1 fully saturated rings. The van der Waals surface area contributed by atoms with Gasteiger partial charge in [-0.15, -0.1) is 0 Å². The van der Waals surface area contributed by atoms with E-state index in [1.165, 1.54) is 5.39 Å². The van der Waals surface area contributed by atoms with Gasteiger partial charge in [0.05, 0.1) is 30.1 Å². The molecule has 30 heavy (non-hydrogen) atoms. The highest BCUT2D eigenvalue weighted by Crippen LogP contribution is 2.28. The summed E-state index contributed by atoms with van der Waals surface area (Å²) in [4.78, 5) is 16.4. The summed E-state index contributed by atoms with van der Waals surface area (Å²) in [5, 5.41) is 5.50. The normalized spacial score (nSPS) is 14.7. The average molecular weight is 403 g/mol. The molecule has 7 nitrogen and oxygen atoms in total. The van der Waals surface area contributed by atoms with Gasteiger partial charge in [0.2, 0.25) is 5.95 Å². The predicted molar refractivity (Wildman–Crippen MR) is 121 cm³/mol. The van der Waals surface area contributed by atoms with Gasteiger partial charge in [0.1, 0.15) is 11.3 Å². The van der Waals surface area contributed by atoms with Gasteiger partial charge in [-0.25, -0.2) is 15.0 Å². The molecule has 1 saturated heterocycles. The third-order valence-corrected chi connectivity index (χ3v) is 5.64. The first-order valence-electron chi connectivity index (χ1n) is 10.4. The number of ether oxygens (including phenoxy) is 1. The highest BCUT2D eigenvalue weighted by atomic mass is 16.5. The van der Waals surface area contributed by atoms with Gasteiger partial charge in [0, 0.05) is 42.3 Å². The van der Waals surface area contributed by atoms with Gasteiger partial charge < -0.3 is 19.5 Å². The zero-order chi connectivity index (χ0) is 20.7. The first-order chi connectivity index (χ1) is 14.6. The van der Waals surface area contributed by atoms with Crippen molar-refractivity contribution < 1.29 is 4.74 Å². The number of hydrogen-bond acceptors (Lipinski definition) is 6. The van der Waals surface area contributed by atoms with Crippen molar-refractivity contribution in [1.29, 1.82) is 0 Å². The molecular weight excluding hydrogens is 376 g/mol. The second-order valence-corrected chi connectivity index (χ2v) is 7.98. The Morgan fingerprint density at radius 1 is 1.00 bits per heavy atom. The van der Waals surface area contributed by atoms with Crippen molar-refractivity contribution in [1.82, 2.24) is 19.5 Å². The summed E-state index contributed by atoms with van der Waals surface area (Å²) in [6, 6.07) is 10.8. The van der Waals surface area contributed by atoms with Crippen molar-refractivity contribution in [2.75, 3.05) is 36.5 Å². The second kappa shape index (κ2) is 7.57. The lowest BCUT2D eigenvalue weighted by Gasteiger charge is -2.29. The number of aromatic nitrogens is 4. The molecule has 0 aliphatic carbocycles. The van der Waals surface area contributed by atoms with Gasteiger partial charge in [0.25, 0.3) is 0 Å². The van der Waals surface area contributed by atoms with Crippen LogP contribution in [-0.4, -0.2) is 45.8 Å². The molecule has 1 aliphatic heterocycles. The van der Waals surface area contributed by atoms with E-state index in [4.69, 9.17) is 14.7 Å². The maximum Gasteiger partial charge on any atom is 0.228 e. The van der Waals surface area contributed by atoms with Gasteiger partial charge in [-0.1, -0.05) is 12.1 Å². The lowest BCUT2D eigenvalue weighted by molar-refractivity contribution is 0.122. The molecule has 154 valence electrons. The lowest BCUT2D eigenvalue weighted by Crippen LogP contribution is -2.36. The number of nitrogens with zero attached hydrogens (tertiary/aromatic N) is 5. The van der Waals surface area contributed by atoms with Crippen LogP contribution >= 0.6 is 0 Å². The Labute approximate surface area is 175 Å². The fraction of sp³-hybridized carbons (Fsp3) is 0.348. The summed E-state index contributed by atoms with van der Waals surface area (Å²) in [5.41, 5.74) is 4.23. The van der Waals surface area contributed by atoms with Gasteiger partial charge in [-0.3, -0.25) is 0 Å². The van der Waals surface area contributed by atoms with E-state index in [0.717, 1.165) is 59.9 Å². The van der Waals surface area contributed by atoms with Gasteiger partial charge in [0.15, 0.2) is 0 Å². The fourth-order valence-electron chi connectivity index (χ4n) is 4.11. The standard InChI is InChI=1S/C23H26N6O/c1-15(2)29-9-8-17-4-5-18-14-24-23(27-21(18)22(17)29)26-20-7-6-19(16(3)25-20)28-10-12-30-13-11-28/h4-9,14-15H,10-13H2,1-3H3,(H,24,25,26,27). The molecule has 0 amide bonds. The molecule has 4 aromatic rings. The Hall–Kier alpha value is -3.19. The summed E-state index contributed by atoms with van der Waals surface area (Å²) in [5.74, 6) is 1.30. The molecule has 1 aliphatic rings. The number of hydrogen-bond donors (Lipinski definition) is 1. The molecule has 0 bridgehead atoms. The van der Waals surface area contributed by atoms with Crippen molar-refractivity contribution in [2.24, 2.45) is 0 Å². The monoisotopic (exact) mass is 402 g/mol. The topological polar surface area (TPSA) is 68.1 Å². The number of morpholine rings is 1. The largest absolute Gasteiger partial charge is 0.378 e. The van der Waals surface area contributed by atoms with Crippen molar-refractivity contribution in [2.45, 2.75) is 26.8 Å². The van der Waals surface area contributed by atoms with Crippen LogP contribution in [0.15, 0.2) is 42.7 Å². The third kappa shape index (κ3) is 3.35. The number of nitrogens with one attached hydrogen (secondary N) is 1. The molecule has 0 unspecified atom stereocenters. The third-order valence-electron chi connectivity index (χ3n) is 5.64. The molecule has 7 heteroatoms. The second-order valence-electron chi connectivity index (χ2n) is 7.98. The van der Waals surface area contributed by atoms with Crippen molar-refractivity contribution >= 4 is 39.3 Å². The zero-order valence-electron chi connectivity index (χ0n) is 17.6. The Morgan fingerprint density at radius 3 is 2.57 bits per heavy atom. The van der Waals surface area contributed by atoms with E-state index in [1.807, 2.05) is 19.2 Å². The van der Waals surface area contributed by atoms with Crippen molar-refractivity contribution in [3.05, 3.63) is 48.4 Å². The minimum atomic E-state index is 0.358. The van der Waals surface area contributed by atoms with E-state index in [9.17, 15) is 0 Å². The first-order valence-corrected chi connectivity index (χ1v) is 10.4. The van der Waals surface area contributed by atoms with Crippen LogP contribution in [0.4, 0.5) is 17.5 Å². The van der Waals surface area contributed by atoms with Crippen LogP contribution in [0.5, 0.6) is 0 Å². The number of pyridine rings is 1. The maximum absolute atomic E-state index is 5.45. The average Bonchev–Trinajstić information content (AvgIpc) is 3.20. The van der Waals surface area contributed by atoms with Crippen LogP contribution in [0.2, 0.25) is 0 Å². The highest BCUT2D eigenvalue weighted by molar-refractivity contribution is 6.03. The number of anilines is 3. The van der Waals surface area contributed by atoms with E-state index in [0.29, 0.717) is 12.0 Å². The van der Waals surface area contributed by atoms with E-state index in [1.54, 1.807) is 0 Å². The fourth-order valence-corrected chi connectivity index (χ4v) is 4.11. The van der Waals surface area contributed by atoms with Crippen molar-refractivity contribution in [3.8, 4) is 0 Å². The van der Waals surface area contributed by atoms with Crippen LogP contribution in [0, 0.1) is 6.92 Å².